The standard InChI is InChI=1S/C14H16ClN3S/c1-3-11-13(16-2)17-9-18-14(11)19-8-10-6-4-5-7-12(10)15/h4-7,9H,3,8H2,1-2H3,(H,16,17,18). The first-order valence-electron chi connectivity index (χ1n) is 6.14. The number of aromatic nitrogens is 2. The minimum absolute atomic E-state index is 0.802. The van der Waals surface area contributed by atoms with Crippen LogP contribution in [0.3, 0.4) is 0 Å². The molecule has 0 aliphatic heterocycles. The number of nitrogens with zero attached hydrogens (tertiary/aromatic N) is 2. The molecule has 1 aromatic carbocycles. The molecular formula is C14H16ClN3S. The molecule has 100 valence electrons. The first kappa shape index (κ1) is 14.2. The minimum Gasteiger partial charge on any atom is -0.373 e. The van der Waals surface area contributed by atoms with Crippen LogP contribution in [0.5, 0.6) is 0 Å². The van der Waals surface area contributed by atoms with Gasteiger partial charge in [0.1, 0.15) is 17.2 Å². The molecular weight excluding hydrogens is 278 g/mol. The second-order valence-electron chi connectivity index (χ2n) is 3.99. The summed E-state index contributed by atoms with van der Waals surface area (Å²) in [6.45, 7) is 2.11. The first-order chi connectivity index (χ1) is 9.26. The fourth-order valence-electron chi connectivity index (χ4n) is 1.82. The first-order valence-corrected chi connectivity index (χ1v) is 7.50. The zero-order chi connectivity index (χ0) is 13.7. The maximum absolute atomic E-state index is 6.16. The van der Waals surface area contributed by atoms with Gasteiger partial charge in [0.05, 0.1) is 0 Å². The van der Waals surface area contributed by atoms with E-state index >= 15 is 0 Å². The predicted molar refractivity (Wildman–Crippen MR) is 82.0 cm³/mol. The fourth-order valence-corrected chi connectivity index (χ4v) is 3.18. The Kier molecular flexibility index (Phi) is 5.05. The van der Waals surface area contributed by atoms with Gasteiger partial charge >= 0.3 is 0 Å². The van der Waals surface area contributed by atoms with E-state index in [-0.39, 0.29) is 0 Å². The molecule has 0 bridgehead atoms. The van der Waals surface area contributed by atoms with Gasteiger partial charge in [-0.25, -0.2) is 9.97 Å². The van der Waals surface area contributed by atoms with Gasteiger partial charge in [-0.15, -0.1) is 11.8 Å². The second kappa shape index (κ2) is 6.78. The van der Waals surface area contributed by atoms with Crippen molar-refractivity contribution >= 4 is 29.2 Å². The van der Waals surface area contributed by atoms with Crippen LogP contribution in [0.4, 0.5) is 5.82 Å². The molecule has 19 heavy (non-hydrogen) atoms. The summed E-state index contributed by atoms with van der Waals surface area (Å²) in [5.41, 5.74) is 2.28. The molecule has 0 spiro atoms. The largest absolute Gasteiger partial charge is 0.373 e. The van der Waals surface area contributed by atoms with Gasteiger partial charge in [-0.05, 0) is 18.1 Å². The summed E-state index contributed by atoms with van der Waals surface area (Å²) in [6.07, 6.45) is 2.50. The molecule has 0 saturated heterocycles. The monoisotopic (exact) mass is 293 g/mol. The van der Waals surface area contributed by atoms with E-state index in [4.69, 9.17) is 11.6 Å². The van der Waals surface area contributed by atoms with E-state index in [0.29, 0.717) is 0 Å². The zero-order valence-corrected chi connectivity index (χ0v) is 12.6. The minimum atomic E-state index is 0.802. The molecule has 1 N–H and O–H groups in total. The van der Waals surface area contributed by atoms with Gasteiger partial charge in [0.25, 0.3) is 0 Å². The number of hydrogen-bond donors (Lipinski definition) is 1. The molecule has 0 saturated carbocycles. The van der Waals surface area contributed by atoms with E-state index < -0.39 is 0 Å². The highest BCUT2D eigenvalue weighted by molar-refractivity contribution is 7.98. The lowest BCUT2D eigenvalue weighted by molar-refractivity contribution is 0.946. The molecule has 2 aromatic rings. The van der Waals surface area contributed by atoms with E-state index in [0.717, 1.165) is 39.2 Å². The summed E-state index contributed by atoms with van der Waals surface area (Å²) in [6, 6.07) is 7.90. The smallest absolute Gasteiger partial charge is 0.133 e. The van der Waals surface area contributed by atoms with Crippen LogP contribution in [0.1, 0.15) is 18.1 Å². The van der Waals surface area contributed by atoms with E-state index in [9.17, 15) is 0 Å². The Morgan fingerprint density at radius 2 is 2.05 bits per heavy atom. The highest BCUT2D eigenvalue weighted by Gasteiger charge is 2.10. The van der Waals surface area contributed by atoms with Crippen LogP contribution in [-0.4, -0.2) is 17.0 Å². The third kappa shape index (κ3) is 3.39. The van der Waals surface area contributed by atoms with Gasteiger partial charge in [-0.2, -0.15) is 0 Å². The molecule has 1 heterocycles. The van der Waals surface area contributed by atoms with Gasteiger partial charge in [-0.1, -0.05) is 36.7 Å². The average Bonchev–Trinajstić information content (AvgIpc) is 2.45. The molecule has 0 aliphatic carbocycles. The van der Waals surface area contributed by atoms with Crippen LogP contribution in [-0.2, 0) is 12.2 Å². The van der Waals surface area contributed by atoms with E-state index in [2.05, 4.69) is 22.2 Å². The highest BCUT2D eigenvalue weighted by Crippen LogP contribution is 2.29. The van der Waals surface area contributed by atoms with Crippen molar-refractivity contribution in [3.05, 3.63) is 46.7 Å². The van der Waals surface area contributed by atoms with Gasteiger partial charge in [0.2, 0.25) is 0 Å². The van der Waals surface area contributed by atoms with Crippen molar-refractivity contribution in [2.24, 2.45) is 0 Å². The van der Waals surface area contributed by atoms with Crippen molar-refractivity contribution in [1.29, 1.82) is 0 Å². The molecule has 0 amide bonds. The fraction of sp³-hybridized carbons (Fsp3) is 0.286. The van der Waals surface area contributed by atoms with Crippen molar-refractivity contribution in [2.45, 2.75) is 24.1 Å². The molecule has 0 aliphatic rings. The quantitative estimate of drug-likeness (QED) is 0.667. The number of anilines is 1. The number of halogens is 1. The van der Waals surface area contributed by atoms with Gasteiger partial charge < -0.3 is 5.32 Å². The molecule has 0 atom stereocenters. The molecule has 2 rings (SSSR count). The van der Waals surface area contributed by atoms with Crippen LogP contribution in [0.15, 0.2) is 35.6 Å². The van der Waals surface area contributed by atoms with Gasteiger partial charge in [0.15, 0.2) is 0 Å². The molecule has 0 unspecified atom stereocenters. The lowest BCUT2D eigenvalue weighted by Crippen LogP contribution is -2.01. The summed E-state index contributed by atoms with van der Waals surface area (Å²) in [4.78, 5) is 8.61. The number of rotatable bonds is 5. The Balaban J connectivity index is 2.18. The molecule has 3 nitrogen and oxygen atoms in total. The summed E-state index contributed by atoms with van der Waals surface area (Å²) in [5.74, 6) is 1.71. The van der Waals surface area contributed by atoms with Gasteiger partial charge in [-0.3, -0.25) is 0 Å². The van der Waals surface area contributed by atoms with Crippen molar-refractivity contribution in [3.8, 4) is 0 Å². The second-order valence-corrected chi connectivity index (χ2v) is 5.36. The Hall–Kier alpha value is -1.26. The normalized spacial score (nSPS) is 10.5. The third-order valence-corrected chi connectivity index (χ3v) is 4.27. The zero-order valence-electron chi connectivity index (χ0n) is 11.0. The molecule has 5 heteroatoms. The lowest BCUT2D eigenvalue weighted by Gasteiger charge is -2.10. The average molecular weight is 294 g/mol. The maximum atomic E-state index is 6.16. The maximum Gasteiger partial charge on any atom is 0.133 e. The summed E-state index contributed by atoms with van der Waals surface area (Å²) in [7, 11) is 1.88. The third-order valence-electron chi connectivity index (χ3n) is 2.82. The molecule has 1 aromatic heterocycles. The topological polar surface area (TPSA) is 37.8 Å². The SMILES string of the molecule is CCc1c(NC)ncnc1SCc1ccccc1Cl. The predicted octanol–water partition coefficient (Wildman–Crippen LogP) is 4.03. The van der Waals surface area contributed by atoms with Crippen molar-refractivity contribution in [2.75, 3.05) is 12.4 Å². The van der Waals surface area contributed by atoms with E-state index in [1.54, 1.807) is 18.1 Å². The van der Waals surface area contributed by atoms with Crippen LogP contribution >= 0.6 is 23.4 Å². The van der Waals surface area contributed by atoms with Gasteiger partial charge in [0, 0.05) is 23.4 Å². The Morgan fingerprint density at radius 3 is 2.74 bits per heavy atom. The highest BCUT2D eigenvalue weighted by atomic mass is 35.5. The lowest BCUT2D eigenvalue weighted by atomic mass is 10.2. The number of hydrogen-bond acceptors (Lipinski definition) is 4. The Bertz CT molecular complexity index is 560. The number of thioether (sulfide) groups is 1. The van der Waals surface area contributed by atoms with Crippen LogP contribution in [0.2, 0.25) is 5.02 Å². The summed E-state index contributed by atoms with van der Waals surface area (Å²) in [5, 5.41) is 4.92. The van der Waals surface area contributed by atoms with Crippen molar-refractivity contribution in [3.63, 3.8) is 0 Å². The Morgan fingerprint density at radius 1 is 1.26 bits per heavy atom. The van der Waals surface area contributed by atoms with Crippen molar-refractivity contribution in [1.82, 2.24) is 9.97 Å². The van der Waals surface area contributed by atoms with Crippen LogP contribution in [0, 0.1) is 0 Å². The number of benzene rings is 1. The van der Waals surface area contributed by atoms with E-state index in [1.165, 1.54) is 0 Å². The van der Waals surface area contributed by atoms with Crippen LogP contribution < -0.4 is 5.32 Å². The number of nitrogens with one attached hydrogen (secondary N) is 1. The van der Waals surface area contributed by atoms with Crippen LogP contribution in [0.25, 0.3) is 0 Å². The van der Waals surface area contributed by atoms with E-state index in [1.807, 2.05) is 31.3 Å². The van der Waals surface area contributed by atoms with Crippen molar-refractivity contribution < 1.29 is 0 Å². The molecule has 0 radical (unpaired) electrons. The molecule has 0 fully saturated rings. The summed E-state index contributed by atoms with van der Waals surface area (Å²) < 4.78 is 0. The summed E-state index contributed by atoms with van der Waals surface area (Å²) >= 11 is 7.86. The Labute approximate surface area is 122 Å².